The van der Waals surface area contributed by atoms with Crippen LogP contribution in [0.2, 0.25) is 0 Å². The van der Waals surface area contributed by atoms with Crippen molar-refractivity contribution < 1.29 is 18.9 Å². The Morgan fingerprint density at radius 1 is 0.944 bits per heavy atom. The van der Waals surface area contributed by atoms with Crippen molar-refractivity contribution in [2.75, 3.05) is 54.1 Å². The molecular formula is C29H37N3O4. The molecule has 1 fully saturated rings. The van der Waals surface area contributed by atoms with Gasteiger partial charge in [0.15, 0.2) is 11.5 Å². The summed E-state index contributed by atoms with van der Waals surface area (Å²) >= 11 is 0. The number of fused-ring (bicyclic) bond motifs is 2. The first kappa shape index (κ1) is 24.7. The highest BCUT2D eigenvalue weighted by molar-refractivity contribution is 5.94. The van der Waals surface area contributed by atoms with Gasteiger partial charge in [-0.1, -0.05) is 6.92 Å². The third-order valence-electron chi connectivity index (χ3n) is 7.69. The number of nitrogens with zero attached hydrogens (tertiary/aromatic N) is 3. The molecule has 5 rings (SSSR count). The molecule has 0 atom stereocenters. The molecule has 7 heteroatoms. The first-order valence-electron chi connectivity index (χ1n) is 12.9. The molecule has 0 N–H and O–H groups in total. The number of rotatable bonds is 6. The number of benzene rings is 2. The molecule has 192 valence electrons. The van der Waals surface area contributed by atoms with Crippen LogP contribution in [-0.4, -0.2) is 74.9 Å². The number of ether oxygens (including phenoxy) is 4. The van der Waals surface area contributed by atoms with E-state index in [-0.39, 0.29) is 0 Å². The monoisotopic (exact) mass is 491 g/mol. The number of aromatic nitrogens is 1. The van der Waals surface area contributed by atoms with Crippen molar-refractivity contribution in [2.24, 2.45) is 0 Å². The fourth-order valence-corrected chi connectivity index (χ4v) is 5.67. The Hall–Kier alpha value is -3.03. The highest BCUT2D eigenvalue weighted by atomic mass is 16.5. The van der Waals surface area contributed by atoms with Crippen molar-refractivity contribution >= 4 is 10.9 Å². The van der Waals surface area contributed by atoms with E-state index in [2.05, 4.69) is 35.8 Å². The van der Waals surface area contributed by atoms with Gasteiger partial charge in [-0.2, -0.15) is 0 Å². The van der Waals surface area contributed by atoms with Crippen LogP contribution < -0.4 is 18.9 Å². The summed E-state index contributed by atoms with van der Waals surface area (Å²) < 4.78 is 23.3. The second-order valence-corrected chi connectivity index (χ2v) is 9.67. The van der Waals surface area contributed by atoms with Crippen LogP contribution in [-0.2, 0) is 6.54 Å². The Morgan fingerprint density at radius 3 is 2.36 bits per heavy atom. The van der Waals surface area contributed by atoms with Gasteiger partial charge in [0.25, 0.3) is 0 Å². The van der Waals surface area contributed by atoms with Gasteiger partial charge in [0, 0.05) is 35.6 Å². The number of pyridine rings is 1. The van der Waals surface area contributed by atoms with E-state index in [1.54, 1.807) is 21.3 Å². The van der Waals surface area contributed by atoms with E-state index in [0.717, 1.165) is 75.9 Å². The summed E-state index contributed by atoms with van der Waals surface area (Å²) in [5.74, 6) is 3.12. The molecule has 36 heavy (non-hydrogen) atoms. The van der Waals surface area contributed by atoms with Crippen molar-refractivity contribution in [3.8, 4) is 34.3 Å². The minimum atomic E-state index is 0.578. The van der Waals surface area contributed by atoms with Crippen LogP contribution in [0.15, 0.2) is 30.3 Å². The number of aryl methyl sites for hydroxylation is 1. The highest BCUT2D eigenvalue weighted by Crippen LogP contribution is 2.41. The van der Waals surface area contributed by atoms with Gasteiger partial charge >= 0.3 is 0 Å². The summed E-state index contributed by atoms with van der Waals surface area (Å²) in [7, 11) is 5.07. The summed E-state index contributed by atoms with van der Waals surface area (Å²) in [4.78, 5) is 10.2. The van der Waals surface area contributed by atoms with Crippen LogP contribution >= 0.6 is 0 Å². The van der Waals surface area contributed by atoms with E-state index in [1.807, 2.05) is 18.2 Å². The summed E-state index contributed by atoms with van der Waals surface area (Å²) in [6.07, 6.45) is 2.40. The maximum atomic E-state index is 6.25. The maximum Gasteiger partial charge on any atom is 0.165 e. The summed E-state index contributed by atoms with van der Waals surface area (Å²) in [6, 6.07) is 10.8. The molecule has 1 aromatic heterocycles. The molecule has 3 heterocycles. The van der Waals surface area contributed by atoms with Gasteiger partial charge < -0.3 is 23.8 Å². The van der Waals surface area contributed by atoms with E-state index in [0.29, 0.717) is 12.6 Å². The molecule has 0 saturated carbocycles. The number of likely N-dealkylation sites (tertiary alicyclic amines) is 1. The van der Waals surface area contributed by atoms with E-state index < -0.39 is 0 Å². The van der Waals surface area contributed by atoms with Crippen LogP contribution in [0.3, 0.4) is 0 Å². The summed E-state index contributed by atoms with van der Waals surface area (Å²) in [5, 5.41) is 0.968. The number of piperidine rings is 1. The third-order valence-corrected chi connectivity index (χ3v) is 7.69. The van der Waals surface area contributed by atoms with Crippen LogP contribution in [0.25, 0.3) is 22.2 Å². The lowest BCUT2D eigenvalue weighted by atomic mass is 9.99. The lowest BCUT2D eigenvalue weighted by Gasteiger charge is -2.37. The predicted molar refractivity (Wildman–Crippen MR) is 143 cm³/mol. The second kappa shape index (κ2) is 10.5. The van der Waals surface area contributed by atoms with Crippen molar-refractivity contribution in [1.82, 2.24) is 14.8 Å². The van der Waals surface area contributed by atoms with Gasteiger partial charge in [-0.15, -0.1) is 0 Å². The van der Waals surface area contributed by atoms with Gasteiger partial charge in [-0.3, -0.25) is 4.90 Å². The zero-order chi connectivity index (χ0) is 25.2. The Bertz CT molecular complexity index is 1240. The van der Waals surface area contributed by atoms with Crippen LogP contribution in [0, 0.1) is 6.92 Å². The zero-order valence-electron chi connectivity index (χ0n) is 22.1. The second-order valence-electron chi connectivity index (χ2n) is 9.67. The first-order valence-corrected chi connectivity index (χ1v) is 12.9. The fourth-order valence-electron chi connectivity index (χ4n) is 5.67. The topological polar surface area (TPSA) is 56.3 Å². The molecule has 0 spiro atoms. The van der Waals surface area contributed by atoms with Crippen LogP contribution in [0.4, 0.5) is 0 Å². The average Bonchev–Trinajstić information content (AvgIpc) is 3.14. The molecule has 2 aromatic carbocycles. The van der Waals surface area contributed by atoms with E-state index in [1.165, 1.54) is 25.9 Å². The molecule has 0 unspecified atom stereocenters. The number of methoxy groups -OCH3 is 3. The largest absolute Gasteiger partial charge is 0.496 e. The molecule has 0 radical (unpaired) electrons. The van der Waals surface area contributed by atoms with E-state index in [4.69, 9.17) is 23.9 Å². The SMILES string of the molecule is CCN1CCC(N2CCOc3c(cc(-c4cc(C)c5c(OC)ccc(OC)c5n4)cc3OC)C2)CC1. The Labute approximate surface area is 213 Å². The number of hydrogen-bond acceptors (Lipinski definition) is 7. The Kier molecular flexibility index (Phi) is 7.21. The van der Waals surface area contributed by atoms with E-state index >= 15 is 0 Å². The van der Waals surface area contributed by atoms with Crippen LogP contribution in [0.5, 0.6) is 23.0 Å². The molecule has 2 aliphatic rings. The molecule has 7 nitrogen and oxygen atoms in total. The van der Waals surface area contributed by atoms with Gasteiger partial charge in [0.05, 0.1) is 27.0 Å². The molecule has 1 saturated heterocycles. The standard InChI is InChI=1S/C29H37N3O4/c1-6-31-11-9-22(10-12-31)32-13-14-36-29-21(18-32)16-20(17-26(29)35-5)23-15-19(2)27-24(33-3)7-8-25(34-4)28(27)30-23/h7-8,15-17,22H,6,9-14,18H2,1-5H3. The van der Waals surface area contributed by atoms with E-state index in [9.17, 15) is 0 Å². The fraction of sp³-hybridized carbons (Fsp3) is 0.483. The Balaban J connectivity index is 1.54. The van der Waals surface area contributed by atoms with Crippen molar-refractivity contribution in [2.45, 2.75) is 39.3 Å². The van der Waals surface area contributed by atoms with Gasteiger partial charge in [0.2, 0.25) is 0 Å². The predicted octanol–water partition coefficient (Wildman–Crippen LogP) is 4.91. The lowest BCUT2D eigenvalue weighted by molar-refractivity contribution is 0.0993. The maximum absolute atomic E-state index is 6.25. The minimum Gasteiger partial charge on any atom is -0.496 e. The lowest BCUT2D eigenvalue weighted by Crippen LogP contribution is -2.45. The van der Waals surface area contributed by atoms with Gasteiger partial charge in [-0.05, 0) is 75.3 Å². The van der Waals surface area contributed by atoms with Crippen molar-refractivity contribution in [3.63, 3.8) is 0 Å². The molecule has 0 aliphatic carbocycles. The minimum absolute atomic E-state index is 0.578. The normalized spacial score (nSPS) is 17.4. The quantitative estimate of drug-likeness (QED) is 0.485. The smallest absolute Gasteiger partial charge is 0.165 e. The van der Waals surface area contributed by atoms with Gasteiger partial charge in [-0.25, -0.2) is 4.98 Å². The zero-order valence-corrected chi connectivity index (χ0v) is 22.1. The molecule has 0 bridgehead atoms. The van der Waals surface area contributed by atoms with Crippen molar-refractivity contribution in [1.29, 1.82) is 0 Å². The van der Waals surface area contributed by atoms with Crippen LogP contribution in [0.1, 0.15) is 30.9 Å². The summed E-state index contributed by atoms with van der Waals surface area (Å²) in [6.45, 7) is 10.2. The summed E-state index contributed by atoms with van der Waals surface area (Å²) in [5.41, 5.74) is 4.91. The first-order chi connectivity index (χ1) is 17.6. The molecule has 0 amide bonds. The highest BCUT2D eigenvalue weighted by Gasteiger charge is 2.28. The van der Waals surface area contributed by atoms with Crippen molar-refractivity contribution in [3.05, 3.63) is 41.5 Å². The molecule has 3 aromatic rings. The number of hydrogen-bond donors (Lipinski definition) is 0. The molecule has 2 aliphatic heterocycles. The Morgan fingerprint density at radius 2 is 1.67 bits per heavy atom. The third kappa shape index (κ3) is 4.58. The van der Waals surface area contributed by atoms with Gasteiger partial charge in [0.1, 0.15) is 23.6 Å². The molecular weight excluding hydrogens is 454 g/mol. The average molecular weight is 492 g/mol.